The minimum atomic E-state index is 0.0990. The van der Waals surface area contributed by atoms with Crippen LogP contribution in [0.4, 0.5) is 0 Å². The first-order valence-electron chi connectivity index (χ1n) is 10.4. The van der Waals surface area contributed by atoms with Crippen molar-refractivity contribution < 1.29 is 8.83 Å². The number of hydrogen-bond donors (Lipinski definition) is 3. The number of furan rings is 2. The van der Waals surface area contributed by atoms with E-state index in [1.165, 1.54) is 0 Å². The predicted octanol–water partition coefficient (Wildman–Crippen LogP) is 3.92. The number of aromatic amines is 1. The van der Waals surface area contributed by atoms with Crippen molar-refractivity contribution in [1.29, 1.82) is 0 Å². The van der Waals surface area contributed by atoms with Gasteiger partial charge in [0.15, 0.2) is 5.11 Å². The van der Waals surface area contributed by atoms with Gasteiger partial charge in [-0.1, -0.05) is 12.1 Å². The van der Waals surface area contributed by atoms with Crippen molar-refractivity contribution in [2.75, 3.05) is 13.1 Å². The van der Waals surface area contributed by atoms with Crippen LogP contribution >= 0.6 is 12.2 Å². The number of hydrazone groups is 1. The van der Waals surface area contributed by atoms with Crippen LogP contribution in [0.3, 0.4) is 0 Å². The van der Waals surface area contributed by atoms with E-state index in [-0.39, 0.29) is 5.11 Å². The molecular formula is C24H22N6O2S. The molecule has 0 saturated carbocycles. The van der Waals surface area contributed by atoms with E-state index in [0.29, 0.717) is 19.6 Å². The van der Waals surface area contributed by atoms with Gasteiger partial charge in [0.2, 0.25) is 0 Å². The number of benzene rings is 1. The van der Waals surface area contributed by atoms with E-state index >= 15 is 0 Å². The Morgan fingerprint density at radius 1 is 1.06 bits per heavy atom. The molecule has 4 heterocycles. The standard InChI is InChI=1S/C24H22N6O2S/c25-24(33)29-28-23-16(11-18-5-3-9-31-18)13-30(14-17(23)12-19-6-4-10-32-19)15-22-26-20-7-1-2-8-21(20)27-22/h1-12H,13-15H2,(H,26,27)(H3,25,29,33)/b16-11+,17-12+. The minimum Gasteiger partial charge on any atom is -0.465 e. The highest BCUT2D eigenvalue weighted by molar-refractivity contribution is 7.80. The van der Waals surface area contributed by atoms with Crippen molar-refractivity contribution in [3.63, 3.8) is 0 Å². The van der Waals surface area contributed by atoms with Gasteiger partial charge in [-0.05, 0) is 71.9 Å². The number of nitrogens with two attached hydrogens (primary N) is 1. The molecule has 0 radical (unpaired) electrons. The summed E-state index contributed by atoms with van der Waals surface area (Å²) in [7, 11) is 0. The number of fused-ring (bicyclic) bond motifs is 1. The zero-order valence-corrected chi connectivity index (χ0v) is 18.5. The number of hydrogen-bond acceptors (Lipinski definition) is 6. The number of H-pyrrole nitrogens is 1. The van der Waals surface area contributed by atoms with Crippen LogP contribution in [-0.4, -0.2) is 38.8 Å². The summed E-state index contributed by atoms with van der Waals surface area (Å²) in [5, 5.41) is 4.61. The van der Waals surface area contributed by atoms with Crippen molar-refractivity contribution in [2.24, 2.45) is 10.8 Å². The molecule has 3 aromatic heterocycles. The summed E-state index contributed by atoms with van der Waals surface area (Å²) in [6.45, 7) is 1.89. The summed E-state index contributed by atoms with van der Waals surface area (Å²) in [6.07, 6.45) is 7.23. The highest BCUT2D eigenvalue weighted by Crippen LogP contribution is 2.25. The molecule has 8 nitrogen and oxygen atoms in total. The topological polar surface area (TPSA) is 109 Å². The number of nitrogens with zero attached hydrogens (tertiary/aromatic N) is 3. The maximum atomic E-state index is 5.65. The second-order valence-corrected chi connectivity index (χ2v) is 8.09. The van der Waals surface area contributed by atoms with Gasteiger partial charge in [0, 0.05) is 13.1 Å². The number of rotatable bonds is 5. The van der Waals surface area contributed by atoms with E-state index in [1.54, 1.807) is 12.5 Å². The molecule has 5 rings (SSSR count). The van der Waals surface area contributed by atoms with Crippen LogP contribution in [0.2, 0.25) is 0 Å². The van der Waals surface area contributed by atoms with Crippen LogP contribution in [0, 0.1) is 0 Å². The Balaban J connectivity index is 1.52. The van der Waals surface area contributed by atoms with E-state index in [0.717, 1.165) is 45.2 Å². The third-order valence-corrected chi connectivity index (χ3v) is 5.30. The highest BCUT2D eigenvalue weighted by atomic mass is 32.1. The van der Waals surface area contributed by atoms with E-state index in [1.807, 2.05) is 60.7 Å². The summed E-state index contributed by atoms with van der Waals surface area (Å²) in [4.78, 5) is 10.4. The Labute approximate surface area is 195 Å². The largest absolute Gasteiger partial charge is 0.465 e. The lowest BCUT2D eigenvalue weighted by molar-refractivity contribution is 0.307. The Bertz CT molecular complexity index is 1260. The molecule has 0 atom stereocenters. The number of para-hydroxylation sites is 2. The van der Waals surface area contributed by atoms with Crippen LogP contribution in [0.5, 0.6) is 0 Å². The average Bonchev–Trinajstić information content (AvgIpc) is 3.55. The average molecular weight is 459 g/mol. The van der Waals surface area contributed by atoms with Gasteiger partial charge in [-0.15, -0.1) is 0 Å². The molecule has 4 N–H and O–H groups in total. The zero-order chi connectivity index (χ0) is 22.6. The molecule has 4 aromatic rings. The number of likely N-dealkylation sites (tertiary alicyclic amines) is 1. The first kappa shape index (κ1) is 20.9. The Hall–Kier alpha value is -3.95. The fourth-order valence-electron chi connectivity index (χ4n) is 3.87. The quantitative estimate of drug-likeness (QED) is 0.307. The fraction of sp³-hybridized carbons (Fsp3) is 0.125. The van der Waals surface area contributed by atoms with E-state index < -0.39 is 0 Å². The van der Waals surface area contributed by atoms with Crippen LogP contribution < -0.4 is 11.2 Å². The Morgan fingerprint density at radius 3 is 2.30 bits per heavy atom. The first-order chi connectivity index (χ1) is 16.1. The first-order valence-corrected chi connectivity index (χ1v) is 10.8. The zero-order valence-electron chi connectivity index (χ0n) is 17.7. The number of aromatic nitrogens is 2. The van der Waals surface area contributed by atoms with E-state index in [9.17, 15) is 0 Å². The van der Waals surface area contributed by atoms with Gasteiger partial charge in [-0.2, -0.15) is 5.10 Å². The second-order valence-electron chi connectivity index (χ2n) is 7.65. The monoisotopic (exact) mass is 458 g/mol. The van der Waals surface area contributed by atoms with Crippen LogP contribution in [0.15, 0.2) is 86.1 Å². The highest BCUT2D eigenvalue weighted by Gasteiger charge is 2.26. The molecule has 0 bridgehead atoms. The molecule has 0 amide bonds. The molecule has 33 heavy (non-hydrogen) atoms. The van der Waals surface area contributed by atoms with Gasteiger partial charge in [-0.3, -0.25) is 10.3 Å². The maximum Gasteiger partial charge on any atom is 0.184 e. The predicted molar refractivity (Wildman–Crippen MR) is 132 cm³/mol. The summed E-state index contributed by atoms with van der Waals surface area (Å²) in [5.41, 5.74) is 13.0. The van der Waals surface area contributed by atoms with Crippen molar-refractivity contribution in [1.82, 2.24) is 20.3 Å². The van der Waals surface area contributed by atoms with Crippen molar-refractivity contribution in [3.8, 4) is 0 Å². The minimum absolute atomic E-state index is 0.0990. The maximum absolute atomic E-state index is 5.65. The smallest absolute Gasteiger partial charge is 0.184 e. The molecule has 0 spiro atoms. The fourth-order valence-corrected chi connectivity index (χ4v) is 3.92. The third-order valence-electron chi connectivity index (χ3n) is 5.21. The lowest BCUT2D eigenvalue weighted by Gasteiger charge is -2.31. The molecule has 0 aliphatic carbocycles. The summed E-state index contributed by atoms with van der Waals surface area (Å²) in [6, 6.07) is 15.5. The molecule has 1 aliphatic rings. The van der Waals surface area contributed by atoms with Crippen molar-refractivity contribution in [3.05, 3.63) is 89.5 Å². The second kappa shape index (κ2) is 9.27. The Morgan fingerprint density at radius 2 is 1.73 bits per heavy atom. The molecule has 166 valence electrons. The Kier molecular flexibility index (Phi) is 5.88. The van der Waals surface area contributed by atoms with Crippen LogP contribution in [0.25, 0.3) is 23.2 Å². The number of thiocarbonyl (C=S) groups is 1. The third kappa shape index (κ3) is 4.94. The number of imidazole rings is 1. The molecule has 0 unspecified atom stereocenters. The van der Waals surface area contributed by atoms with Gasteiger partial charge in [0.05, 0.1) is 35.8 Å². The summed E-state index contributed by atoms with van der Waals surface area (Å²) < 4.78 is 11.1. The van der Waals surface area contributed by atoms with E-state index in [2.05, 4.69) is 20.4 Å². The molecule has 1 fully saturated rings. The number of nitrogens with one attached hydrogen (secondary N) is 2. The van der Waals surface area contributed by atoms with Crippen LogP contribution in [-0.2, 0) is 6.54 Å². The normalized spacial score (nSPS) is 17.2. The summed E-state index contributed by atoms with van der Waals surface area (Å²) >= 11 is 4.98. The molecular weight excluding hydrogens is 436 g/mol. The summed E-state index contributed by atoms with van der Waals surface area (Å²) in [5.74, 6) is 2.36. The van der Waals surface area contributed by atoms with E-state index in [4.69, 9.17) is 31.8 Å². The molecule has 1 aromatic carbocycles. The SMILES string of the molecule is NC(=S)NN=C1/C(=C/c2ccco2)CN(Cc2nc3ccccc3[nH]2)C/C1=C\c1ccco1. The lowest BCUT2D eigenvalue weighted by Crippen LogP contribution is -2.39. The van der Waals surface area contributed by atoms with Crippen molar-refractivity contribution >= 4 is 46.2 Å². The number of piperidine rings is 1. The van der Waals surface area contributed by atoms with Crippen molar-refractivity contribution in [2.45, 2.75) is 6.54 Å². The van der Waals surface area contributed by atoms with Crippen LogP contribution in [0.1, 0.15) is 17.3 Å². The van der Waals surface area contributed by atoms with Gasteiger partial charge in [0.1, 0.15) is 17.3 Å². The van der Waals surface area contributed by atoms with Gasteiger partial charge in [-0.25, -0.2) is 4.98 Å². The molecule has 1 saturated heterocycles. The van der Waals surface area contributed by atoms with Gasteiger partial charge < -0.3 is 19.6 Å². The lowest BCUT2D eigenvalue weighted by atomic mass is 9.95. The van der Waals surface area contributed by atoms with Gasteiger partial charge in [0.25, 0.3) is 0 Å². The molecule has 1 aliphatic heterocycles. The van der Waals surface area contributed by atoms with Gasteiger partial charge >= 0.3 is 0 Å². The molecule has 9 heteroatoms.